The predicted molar refractivity (Wildman–Crippen MR) is 62.9 cm³/mol. The Hall–Kier alpha value is -1.14. The Balaban J connectivity index is 2.92. The number of hydrogen-bond donors (Lipinski definition) is 2. The average molecular weight is 274 g/mol. The first-order valence-corrected chi connectivity index (χ1v) is 5.23. The summed E-state index contributed by atoms with van der Waals surface area (Å²) in [6.07, 6.45) is 0. The monoisotopic (exact) mass is 273 g/mol. The van der Waals surface area contributed by atoms with Gasteiger partial charge in [-0.2, -0.15) is 0 Å². The van der Waals surface area contributed by atoms with Gasteiger partial charge in [-0.25, -0.2) is 0 Å². The van der Waals surface area contributed by atoms with Gasteiger partial charge in [-0.3, -0.25) is 10.1 Å². The summed E-state index contributed by atoms with van der Waals surface area (Å²) in [7, 11) is 0. The summed E-state index contributed by atoms with van der Waals surface area (Å²) in [5.41, 5.74) is 6.09. The maximum atomic E-state index is 10.7. The van der Waals surface area contributed by atoms with Crippen LogP contribution < -0.4 is 11.1 Å². The molecule has 0 bridgehead atoms. The maximum Gasteiger partial charge on any atom is 0.292 e. The molecule has 0 aliphatic heterocycles. The highest BCUT2D eigenvalue weighted by Gasteiger charge is 2.13. The zero-order valence-electron chi connectivity index (χ0n) is 8.24. The van der Waals surface area contributed by atoms with Crippen LogP contribution in [0.1, 0.15) is 6.92 Å². The lowest BCUT2D eigenvalue weighted by atomic mass is 10.2. The number of nitro groups is 1. The summed E-state index contributed by atoms with van der Waals surface area (Å²) in [4.78, 5) is 10.3. The van der Waals surface area contributed by atoms with Gasteiger partial charge in [-0.05, 0) is 19.1 Å². The number of nitro benzene ring substituents is 1. The van der Waals surface area contributed by atoms with Crippen LogP contribution in [0.5, 0.6) is 0 Å². The van der Waals surface area contributed by atoms with Gasteiger partial charge >= 0.3 is 0 Å². The van der Waals surface area contributed by atoms with E-state index in [1.165, 1.54) is 6.07 Å². The third-order valence-corrected chi connectivity index (χ3v) is 2.26. The van der Waals surface area contributed by atoms with E-state index in [0.717, 1.165) is 4.47 Å². The number of hydrogen-bond acceptors (Lipinski definition) is 4. The van der Waals surface area contributed by atoms with Crippen molar-refractivity contribution >= 4 is 27.3 Å². The van der Waals surface area contributed by atoms with Gasteiger partial charge in [0, 0.05) is 23.1 Å². The van der Waals surface area contributed by atoms with Crippen molar-refractivity contribution < 1.29 is 4.92 Å². The van der Waals surface area contributed by atoms with Crippen LogP contribution in [0, 0.1) is 10.1 Å². The lowest BCUT2D eigenvalue weighted by Crippen LogP contribution is -2.25. The molecule has 1 rings (SSSR count). The summed E-state index contributed by atoms with van der Waals surface area (Å²) >= 11 is 3.26. The fourth-order valence-electron chi connectivity index (χ4n) is 1.08. The molecule has 0 spiro atoms. The van der Waals surface area contributed by atoms with E-state index in [2.05, 4.69) is 21.2 Å². The number of halogens is 1. The minimum Gasteiger partial charge on any atom is -0.378 e. The maximum absolute atomic E-state index is 10.7. The van der Waals surface area contributed by atoms with Gasteiger partial charge in [0.05, 0.1) is 4.92 Å². The molecule has 0 fully saturated rings. The van der Waals surface area contributed by atoms with Gasteiger partial charge in [0.15, 0.2) is 0 Å². The van der Waals surface area contributed by atoms with Crippen LogP contribution in [0.25, 0.3) is 0 Å². The molecule has 1 unspecified atom stereocenters. The Kier molecular flexibility index (Phi) is 4.05. The lowest BCUT2D eigenvalue weighted by molar-refractivity contribution is -0.384. The molecular weight excluding hydrogens is 262 g/mol. The number of benzene rings is 1. The molecule has 1 aromatic carbocycles. The van der Waals surface area contributed by atoms with Gasteiger partial charge in [0.1, 0.15) is 5.69 Å². The zero-order chi connectivity index (χ0) is 11.4. The minimum absolute atomic E-state index is 0.0522. The first-order chi connectivity index (χ1) is 7.00. The van der Waals surface area contributed by atoms with Gasteiger partial charge < -0.3 is 11.1 Å². The van der Waals surface area contributed by atoms with Crippen molar-refractivity contribution in [3.8, 4) is 0 Å². The standard InChI is InChI=1S/C9H12BrN3O2/c1-6(11)5-12-8-4-7(10)2-3-9(8)13(14)15/h2-4,6,12H,5,11H2,1H3. The van der Waals surface area contributed by atoms with Crippen molar-refractivity contribution in [2.24, 2.45) is 5.73 Å². The number of nitrogens with one attached hydrogen (secondary N) is 1. The van der Waals surface area contributed by atoms with Crippen molar-refractivity contribution in [1.29, 1.82) is 0 Å². The van der Waals surface area contributed by atoms with Crippen LogP contribution in [-0.2, 0) is 0 Å². The highest BCUT2D eigenvalue weighted by Crippen LogP contribution is 2.27. The first kappa shape index (κ1) is 11.9. The smallest absolute Gasteiger partial charge is 0.292 e. The Morgan fingerprint density at radius 2 is 2.33 bits per heavy atom. The SMILES string of the molecule is CC(N)CNc1cc(Br)ccc1[N+](=O)[O-]. The fraction of sp³-hybridized carbons (Fsp3) is 0.333. The molecule has 5 nitrogen and oxygen atoms in total. The molecule has 0 saturated carbocycles. The Labute approximate surface area is 95.9 Å². The molecule has 1 aromatic rings. The number of nitrogens with two attached hydrogens (primary N) is 1. The van der Waals surface area contributed by atoms with E-state index < -0.39 is 4.92 Å². The quantitative estimate of drug-likeness (QED) is 0.650. The Bertz CT molecular complexity index is 368. The number of anilines is 1. The molecule has 0 saturated heterocycles. The van der Waals surface area contributed by atoms with Gasteiger partial charge in [0.25, 0.3) is 5.69 Å². The summed E-state index contributed by atoms with van der Waals surface area (Å²) in [6, 6.07) is 4.70. The summed E-state index contributed by atoms with van der Waals surface area (Å²) in [6.45, 7) is 2.33. The highest BCUT2D eigenvalue weighted by molar-refractivity contribution is 9.10. The first-order valence-electron chi connectivity index (χ1n) is 4.44. The zero-order valence-corrected chi connectivity index (χ0v) is 9.82. The van der Waals surface area contributed by atoms with E-state index in [0.29, 0.717) is 12.2 Å². The second-order valence-electron chi connectivity index (χ2n) is 3.28. The largest absolute Gasteiger partial charge is 0.378 e. The molecule has 82 valence electrons. The Morgan fingerprint density at radius 1 is 1.67 bits per heavy atom. The molecule has 0 aromatic heterocycles. The number of rotatable bonds is 4. The van der Waals surface area contributed by atoms with Crippen molar-refractivity contribution in [1.82, 2.24) is 0 Å². The summed E-state index contributed by atoms with van der Waals surface area (Å²) in [5.74, 6) is 0. The van der Waals surface area contributed by atoms with E-state index in [-0.39, 0.29) is 11.7 Å². The lowest BCUT2D eigenvalue weighted by Gasteiger charge is -2.09. The van der Waals surface area contributed by atoms with Crippen molar-refractivity contribution in [2.45, 2.75) is 13.0 Å². The summed E-state index contributed by atoms with van der Waals surface area (Å²) < 4.78 is 0.792. The van der Waals surface area contributed by atoms with E-state index in [9.17, 15) is 10.1 Å². The van der Waals surface area contributed by atoms with Gasteiger partial charge in [0.2, 0.25) is 0 Å². The van der Waals surface area contributed by atoms with Gasteiger partial charge in [-0.15, -0.1) is 0 Å². The normalized spacial score (nSPS) is 12.2. The van der Waals surface area contributed by atoms with E-state index in [1.54, 1.807) is 12.1 Å². The van der Waals surface area contributed by atoms with E-state index in [1.807, 2.05) is 6.92 Å². The third-order valence-electron chi connectivity index (χ3n) is 1.77. The van der Waals surface area contributed by atoms with E-state index >= 15 is 0 Å². The molecule has 0 heterocycles. The van der Waals surface area contributed by atoms with Crippen molar-refractivity contribution in [3.63, 3.8) is 0 Å². The topological polar surface area (TPSA) is 81.2 Å². The molecule has 0 amide bonds. The molecule has 15 heavy (non-hydrogen) atoms. The predicted octanol–water partition coefficient (Wildman–Crippen LogP) is 2.12. The molecule has 6 heteroatoms. The minimum atomic E-state index is -0.421. The Morgan fingerprint density at radius 3 is 2.87 bits per heavy atom. The highest BCUT2D eigenvalue weighted by atomic mass is 79.9. The van der Waals surface area contributed by atoms with Crippen LogP contribution in [-0.4, -0.2) is 17.5 Å². The van der Waals surface area contributed by atoms with Crippen molar-refractivity contribution in [3.05, 3.63) is 32.8 Å². The second kappa shape index (κ2) is 5.09. The van der Waals surface area contributed by atoms with Crippen LogP contribution in [0.4, 0.5) is 11.4 Å². The molecule has 1 atom stereocenters. The van der Waals surface area contributed by atoms with Gasteiger partial charge in [-0.1, -0.05) is 15.9 Å². The van der Waals surface area contributed by atoms with Crippen molar-refractivity contribution in [2.75, 3.05) is 11.9 Å². The van der Waals surface area contributed by atoms with Crippen LogP contribution in [0.3, 0.4) is 0 Å². The summed E-state index contributed by atoms with van der Waals surface area (Å²) in [5, 5.41) is 13.6. The second-order valence-corrected chi connectivity index (χ2v) is 4.19. The molecule has 0 aliphatic rings. The molecule has 0 radical (unpaired) electrons. The van der Waals surface area contributed by atoms with Crippen LogP contribution >= 0.6 is 15.9 Å². The third kappa shape index (κ3) is 3.49. The molecule has 3 N–H and O–H groups in total. The number of nitrogens with zero attached hydrogens (tertiary/aromatic N) is 1. The van der Waals surface area contributed by atoms with Crippen LogP contribution in [0.15, 0.2) is 22.7 Å². The molecular formula is C9H12BrN3O2. The fourth-order valence-corrected chi connectivity index (χ4v) is 1.44. The molecule has 0 aliphatic carbocycles. The van der Waals surface area contributed by atoms with Crippen LogP contribution in [0.2, 0.25) is 0 Å². The van der Waals surface area contributed by atoms with E-state index in [4.69, 9.17) is 5.73 Å². The average Bonchev–Trinajstić information content (AvgIpc) is 2.14.